The van der Waals surface area contributed by atoms with Gasteiger partial charge in [-0.15, -0.1) is 11.8 Å². The van der Waals surface area contributed by atoms with Gasteiger partial charge in [-0.2, -0.15) is 0 Å². The third-order valence-corrected chi connectivity index (χ3v) is 4.21. The second kappa shape index (κ2) is 6.05. The van der Waals surface area contributed by atoms with Gasteiger partial charge in [0.1, 0.15) is 11.9 Å². The molecule has 1 heterocycles. The molecule has 1 saturated heterocycles. The molecule has 0 spiro atoms. The minimum Gasteiger partial charge on any atom is -0.324 e. The summed E-state index contributed by atoms with van der Waals surface area (Å²) in [6.07, 6.45) is 0. The lowest BCUT2D eigenvalue weighted by Gasteiger charge is -2.29. The molecule has 1 fully saturated rings. The third-order valence-electron chi connectivity index (χ3n) is 3.20. The summed E-state index contributed by atoms with van der Waals surface area (Å²) in [5.41, 5.74) is 0.0145. The molecular weight excluding hydrogens is 291 g/mol. The highest BCUT2D eigenvalue weighted by atomic mass is 32.2. The molecule has 6 heteroatoms. The van der Waals surface area contributed by atoms with E-state index in [1.807, 2.05) is 20.8 Å². The summed E-state index contributed by atoms with van der Waals surface area (Å²) in [4.78, 5) is 26.3. The van der Waals surface area contributed by atoms with Crippen molar-refractivity contribution in [3.8, 4) is 0 Å². The Bertz CT molecular complexity index is 540. The van der Waals surface area contributed by atoms with E-state index in [1.165, 1.54) is 24.3 Å². The first-order chi connectivity index (χ1) is 9.79. The number of carbonyl (C=O) groups excluding carboxylic acids is 2. The zero-order chi connectivity index (χ0) is 15.6. The van der Waals surface area contributed by atoms with Crippen LogP contribution in [-0.4, -0.2) is 34.4 Å². The molecule has 0 saturated carbocycles. The molecule has 1 aliphatic heterocycles. The van der Waals surface area contributed by atoms with Gasteiger partial charge in [-0.3, -0.25) is 9.59 Å². The van der Waals surface area contributed by atoms with Crippen molar-refractivity contribution < 1.29 is 14.0 Å². The van der Waals surface area contributed by atoms with E-state index >= 15 is 0 Å². The molecule has 1 aliphatic rings. The highest BCUT2D eigenvalue weighted by Crippen LogP contribution is 2.28. The van der Waals surface area contributed by atoms with E-state index in [4.69, 9.17) is 0 Å². The van der Waals surface area contributed by atoms with E-state index in [9.17, 15) is 14.0 Å². The zero-order valence-corrected chi connectivity index (χ0v) is 13.2. The van der Waals surface area contributed by atoms with Gasteiger partial charge in [-0.05, 0) is 24.3 Å². The van der Waals surface area contributed by atoms with Crippen molar-refractivity contribution in [2.24, 2.45) is 5.41 Å². The number of amides is 2. The molecule has 1 aromatic rings. The third kappa shape index (κ3) is 3.75. The maximum Gasteiger partial charge on any atom is 0.248 e. The predicted molar refractivity (Wildman–Crippen MR) is 82.4 cm³/mol. The average Bonchev–Trinajstić information content (AvgIpc) is 2.88. The molecule has 2 amide bonds. The highest BCUT2D eigenvalue weighted by molar-refractivity contribution is 7.99. The van der Waals surface area contributed by atoms with Gasteiger partial charge >= 0.3 is 0 Å². The Kier molecular flexibility index (Phi) is 4.56. The number of benzene rings is 1. The molecular formula is C15H19FN2O2S. The summed E-state index contributed by atoms with van der Waals surface area (Å²) in [5, 5.41) is 2.73. The number of anilines is 1. The fourth-order valence-electron chi connectivity index (χ4n) is 2.05. The van der Waals surface area contributed by atoms with Crippen LogP contribution in [0.2, 0.25) is 0 Å². The molecule has 0 aliphatic carbocycles. The standard InChI is InChI=1S/C15H19FN2O2S/c1-15(2,3)14(20)18-9-21-8-12(18)13(19)17-11-6-4-10(16)5-7-11/h4-7,12H,8-9H2,1-3H3,(H,17,19)/t12-/m1/s1. The van der Waals surface area contributed by atoms with Crippen LogP contribution in [0.3, 0.4) is 0 Å². The number of halogens is 1. The molecule has 0 aromatic heterocycles. The molecule has 1 N–H and O–H groups in total. The highest BCUT2D eigenvalue weighted by Gasteiger charge is 2.38. The number of rotatable bonds is 2. The van der Waals surface area contributed by atoms with Crippen molar-refractivity contribution in [1.29, 1.82) is 0 Å². The number of thioether (sulfide) groups is 1. The van der Waals surface area contributed by atoms with Crippen molar-refractivity contribution in [1.82, 2.24) is 4.90 Å². The quantitative estimate of drug-likeness (QED) is 0.914. The first-order valence-electron chi connectivity index (χ1n) is 6.74. The van der Waals surface area contributed by atoms with Gasteiger partial charge in [-0.25, -0.2) is 4.39 Å². The predicted octanol–water partition coefficient (Wildman–Crippen LogP) is 2.71. The monoisotopic (exact) mass is 310 g/mol. The lowest BCUT2D eigenvalue weighted by atomic mass is 9.94. The first kappa shape index (κ1) is 15.8. The Hall–Kier alpha value is -1.56. The van der Waals surface area contributed by atoms with E-state index in [1.54, 1.807) is 16.7 Å². The van der Waals surface area contributed by atoms with Crippen molar-refractivity contribution in [2.75, 3.05) is 16.9 Å². The molecule has 1 aromatic carbocycles. The van der Waals surface area contributed by atoms with Crippen LogP contribution in [0.15, 0.2) is 24.3 Å². The molecule has 0 bridgehead atoms. The van der Waals surface area contributed by atoms with E-state index in [-0.39, 0.29) is 17.6 Å². The molecule has 4 nitrogen and oxygen atoms in total. The summed E-state index contributed by atoms with van der Waals surface area (Å²) in [5.74, 6) is 0.483. The summed E-state index contributed by atoms with van der Waals surface area (Å²) >= 11 is 1.56. The van der Waals surface area contributed by atoms with E-state index < -0.39 is 11.5 Å². The largest absolute Gasteiger partial charge is 0.324 e. The van der Waals surface area contributed by atoms with Crippen LogP contribution in [0.4, 0.5) is 10.1 Å². The first-order valence-corrected chi connectivity index (χ1v) is 7.90. The summed E-state index contributed by atoms with van der Waals surface area (Å²) in [6.45, 7) is 5.52. The SMILES string of the molecule is CC(C)(C)C(=O)N1CSC[C@@H]1C(=O)Nc1ccc(F)cc1. The lowest BCUT2D eigenvalue weighted by Crippen LogP contribution is -2.48. The Morgan fingerprint density at radius 1 is 1.29 bits per heavy atom. The molecule has 21 heavy (non-hydrogen) atoms. The van der Waals surface area contributed by atoms with Crippen LogP contribution in [0.25, 0.3) is 0 Å². The zero-order valence-electron chi connectivity index (χ0n) is 12.4. The molecule has 114 valence electrons. The van der Waals surface area contributed by atoms with Crippen LogP contribution in [-0.2, 0) is 9.59 Å². The minimum atomic E-state index is -0.515. The van der Waals surface area contributed by atoms with Gasteiger partial charge in [0, 0.05) is 16.9 Å². The van der Waals surface area contributed by atoms with Crippen LogP contribution in [0.5, 0.6) is 0 Å². The number of nitrogens with one attached hydrogen (secondary N) is 1. The van der Waals surface area contributed by atoms with Gasteiger partial charge in [0.25, 0.3) is 0 Å². The smallest absolute Gasteiger partial charge is 0.248 e. The summed E-state index contributed by atoms with van der Waals surface area (Å²) in [7, 11) is 0. The number of hydrogen-bond donors (Lipinski definition) is 1. The fourth-order valence-corrected chi connectivity index (χ4v) is 3.20. The molecule has 0 unspecified atom stereocenters. The second-order valence-corrected chi connectivity index (χ2v) is 7.04. The number of nitrogens with zero attached hydrogens (tertiary/aromatic N) is 1. The van der Waals surface area contributed by atoms with Gasteiger partial charge in [0.2, 0.25) is 11.8 Å². The van der Waals surface area contributed by atoms with Gasteiger partial charge in [-0.1, -0.05) is 20.8 Å². The normalized spacial score (nSPS) is 18.7. The number of carbonyl (C=O) groups is 2. The van der Waals surface area contributed by atoms with E-state index in [0.717, 1.165) is 0 Å². The Balaban J connectivity index is 2.07. The molecule has 2 rings (SSSR count). The van der Waals surface area contributed by atoms with Crippen molar-refractivity contribution in [2.45, 2.75) is 26.8 Å². The average molecular weight is 310 g/mol. The topological polar surface area (TPSA) is 49.4 Å². The van der Waals surface area contributed by atoms with Crippen LogP contribution in [0, 0.1) is 11.2 Å². The van der Waals surface area contributed by atoms with Gasteiger partial charge in [0.05, 0.1) is 5.88 Å². The van der Waals surface area contributed by atoms with E-state index in [0.29, 0.717) is 17.3 Å². The molecule has 0 radical (unpaired) electrons. The number of hydrogen-bond acceptors (Lipinski definition) is 3. The minimum absolute atomic E-state index is 0.0354. The van der Waals surface area contributed by atoms with Crippen LogP contribution in [0.1, 0.15) is 20.8 Å². The Morgan fingerprint density at radius 3 is 2.48 bits per heavy atom. The maximum absolute atomic E-state index is 12.9. The fraction of sp³-hybridized carbons (Fsp3) is 0.467. The second-order valence-electron chi connectivity index (χ2n) is 6.04. The van der Waals surface area contributed by atoms with Crippen molar-refractivity contribution >= 4 is 29.3 Å². The van der Waals surface area contributed by atoms with Crippen molar-refractivity contribution in [3.05, 3.63) is 30.1 Å². The van der Waals surface area contributed by atoms with Crippen molar-refractivity contribution in [3.63, 3.8) is 0 Å². The van der Waals surface area contributed by atoms with Crippen LogP contribution >= 0.6 is 11.8 Å². The summed E-state index contributed by atoms with van der Waals surface area (Å²) < 4.78 is 12.9. The Morgan fingerprint density at radius 2 is 1.90 bits per heavy atom. The molecule has 1 atom stereocenters. The lowest BCUT2D eigenvalue weighted by molar-refractivity contribution is -0.143. The van der Waals surface area contributed by atoms with Crippen LogP contribution < -0.4 is 5.32 Å². The Labute approximate surface area is 128 Å². The van der Waals surface area contributed by atoms with E-state index in [2.05, 4.69) is 5.32 Å². The van der Waals surface area contributed by atoms with Gasteiger partial charge in [0.15, 0.2) is 0 Å². The van der Waals surface area contributed by atoms with Gasteiger partial charge < -0.3 is 10.2 Å². The maximum atomic E-state index is 12.9. The summed E-state index contributed by atoms with van der Waals surface area (Å²) in [6, 6.07) is 5.11.